The SMILES string of the molecule is CC/C=C\C[C@H]1O[C@H]1/C=C/C=C\C=C/C/C=C\C/C=C\CCC(=O)O. The Hall–Kier alpha value is -2.13. The summed E-state index contributed by atoms with van der Waals surface area (Å²) in [5, 5.41) is 8.50. The molecule has 2 atom stereocenters. The van der Waals surface area contributed by atoms with Crippen LogP contribution in [0.5, 0.6) is 0 Å². The summed E-state index contributed by atoms with van der Waals surface area (Å²) in [5.41, 5.74) is 0. The first-order valence-electron chi connectivity index (χ1n) is 9.06. The van der Waals surface area contributed by atoms with E-state index in [1.165, 1.54) is 0 Å². The average molecular weight is 342 g/mol. The molecule has 0 bridgehead atoms. The first-order valence-corrected chi connectivity index (χ1v) is 9.06. The largest absolute Gasteiger partial charge is 0.481 e. The van der Waals surface area contributed by atoms with Gasteiger partial charge in [0.05, 0.1) is 6.10 Å². The second-order valence-electron chi connectivity index (χ2n) is 5.80. The number of rotatable bonds is 13. The number of carbonyl (C=O) groups is 1. The highest BCUT2D eigenvalue weighted by Crippen LogP contribution is 2.26. The van der Waals surface area contributed by atoms with Crippen LogP contribution in [0.1, 0.15) is 45.4 Å². The van der Waals surface area contributed by atoms with Crippen molar-refractivity contribution >= 4 is 5.97 Å². The minimum Gasteiger partial charge on any atom is -0.481 e. The number of allylic oxidation sites excluding steroid dienone is 10. The highest BCUT2D eigenvalue weighted by Gasteiger charge is 2.34. The summed E-state index contributed by atoms with van der Waals surface area (Å²) in [6.45, 7) is 2.14. The fourth-order valence-corrected chi connectivity index (χ4v) is 2.14. The van der Waals surface area contributed by atoms with Gasteiger partial charge in [-0.05, 0) is 32.1 Å². The number of carboxylic acids is 1. The molecule has 3 heteroatoms. The van der Waals surface area contributed by atoms with Gasteiger partial charge in [0.2, 0.25) is 0 Å². The van der Waals surface area contributed by atoms with Gasteiger partial charge >= 0.3 is 5.97 Å². The third-order valence-electron chi connectivity index (χ3n) is 3.57. The van der Waals surface area contributed by atoms with Crippen molar-refractivity contribution in [1.29, 1.82) is 0 Å². The summed E-state index contributed by atoms with van der Waals surface area (Å²) in [6.07, 6.45) is 30.1. The summed E-state index contributed by atoms with van der Waals surface area (Å²) in [5.74, 6) is -0.748. The molecular weight excluding hydrogens is 312 g/mol. The molecule has 0 aromatic rings. The maximum absolute atomic E-state index is 10.3. The molecule has 1 heterocycles. The molecule has 0 amide bonds. The molecule has 1 rings (SSSR count). The van der Waals surface area contributed by atoms with Gasteiger partial charge in [-0.3, -0.25) is 4.79 Å². The van der Waals surface area contributed by atoms with E-state index in [0.717, 1.165) is 25.7 Å². The molecule has 25 heavy (non-hydrogen) atoms. The van der Waals surface area contributed by atoms with Gasteiger partial charge in [0.1, 0.15) is 6.10 Å². The van der Waals surface area contributed by atoms with E-state index in [9.17, 15) is 4.79 Å². The fraction of sp³-hybridized carbons (Fsp3) is 0.409. The van der Waals surface area contributed by atoms with Crippen molar-refractivity contribution in [2.24, 2.45) is 0 Å². The van der Waals surface area contributed by atoms with Crippen molar-refractivity contribution in [3.05, 3.63) is 72.9 Å². The van der Waals surface area contributed by atoms with Crippen molar-refractivity contribution in [2.75, 3.05) is 0 Å². The number of hydrogen-bond donors (Lipinski definition) is 1. The number of carboxylic acid groups (broad SMARTS) is 1. The van der Waals surface area contributed by atoms with Gasteiger partial charge in [0.15, 0.2) is 0 Å². The van der Waals surface area contributed by atoms with E-state index in [1.807, 2.05) is 36.5 Å². The van der Waals surface area contributed by atoms with Crippen LogP contribution in [0.3, 0.4) is 0 Å². The van der Waals surface area contributed by atoms with Crippen molar-refractivity contribution in [2.45, 2.75) is 57.7 Å². The minimum atomic E-state index is -0.748. The molecule has 1 saturated heterocycles. The van der Waals surface area contributed by atoms with Crippen LogP contribution < -0.4 is 0 Å². The number of hydrogen-bond acceptors (Lipinski definition) is 2. The van der Waals surface area contributed by atoms with E-state index < -0.39 is 5.97 Å². The Morgan fingerprint density at radius 2 is 1.64 bits per heavy atom. The minimum absolute atomic E-state index is 0.202. The van der Waals surface area contributed by atoms with Crippen LogP contribution in [-0.4, -0.2) is 23.3 Å². The number of aliphatic carboxylic acids is 1. The zero-order valence-corrected chi connectivity index (χ0v) is 15.1. The molecule has 0 unspecified atom stereocenters. The van der Waals surface area contributed by atoms with Crippen LogP contribution >= 0.6 is 0 Å². The summed E-state index contributed by atoms with van der Waals surface area (Å²) < 4.78 is 5.55. The maximum Gasteiger partial charge on any atom is 0.303 e. The first-order chi connectivity index (χ1) is 12.2. The quantitative estimate of drug-likeness (QED) is 0.272. The zero-order valence-electron chi connectivity index (χ0n) is 15.1. The number of ether oxygens (including phenoxy) is 1. The van der Waals surface area contributed by atoms with Gasteiger partial charge in [-0.25, -0.2) is 0 Å². The smallest absolute Gasteiger partial charge is 0.303 e. The van der Waals surface area contributed by atoms with Gasteiger partial charge in [-0.1, -0.05) is 79.8 Å². The highest BCUT2D eigenvalue weighted by atomic mass is 16.6. The Morgan fingerprint density at radius 1 is 0.920 bits per heavy atom. The van der Waals surface area contributed by atoms with Crippen molar-refractivity contribution in [3.63, 3.8) is 0 Å². The maximum atomic E-state index is 10.3. The first kappa shape index (κ1) is 20.9. The molecule has 0 radical (unpaired) electrons. The third kappa shape index (κ3) is 12.9. The van der Waals surface area contributed by atoms with Crippen LogP contribution in [0.25, 0.3) is 0 Å². The summed E-state index contributed by atoms with van der Waals surface area (Å²) in [6, 6.07) is 0. The fourth-order valence-electron chi connectivity index (χ4n) is 2.14. The second-order valence-corrected chi connectivity index (χ2v) is 5.80. The van der Waals surface area contributed by atoms with Crippen molar-refractivity contribution in [1.82, 2.24) is 0 Å². The van der Waals surface area contributed by atoms with Crippen molar-refractivity contribution < 1.29 is 14.6 Å². The molecule has 1 aliphatic rings. The van der Waals surface area contributed by atoms with Gasteiger partial charge in [0, 0.05) is 6.42 Å². The van der Waals surface area contributed by atoms with Crippen LogP contribution in [-0.2, 0) is 9.53 Å². The molecule has 1 aliphatic heterocycles. The number of epoxide rings is 1. The van der Waals surface area contributed by atoms with E-state index in [-0.39, 0.29) is 12.5 Å². The lowest BCUT2D eigenvalue weighted by Gasteiger charge is -1.86. The van der Waals surface area contributed by atoms with E-state index in [2.05, 4.69) is 43.4 Å². The molecule has 136 valence electrons. The summed E-state index contributed by atoms with van der Waals surface area (Å²) in [7, 11) is 0. The lowest BCUT2D eigenvalue weighted by molar-refractivity contribution is -0.136. The van der Waals surface area contributed by atoms with E-state index in [1.54, 1.807) is 0 Å². The Balaban J connectivity index is 2.01. The second kappa shape index (κ2) is 14.2. The van der Waals surface area contributed by atoms with Gasteiger partial charge in [0.25, 0.3) is 0 Å². The molecule has 0 saturated carbocycles. The van der Waals surface area contributed by atoms with Crippen LogP contribution in [0.4, 0.5) is 0 Å². The average Bonchev–Trinajstić information content (AvgIpc) is 3.33. The lowest BCUT2D eigenvalue weighted by atomic mass is 10.2. The van der Waals surface area contributed by atoms with Gasteiger partial charge in [-0.15, -0.1) is 0 Å². The molecule has 0 aromatic carbocycles. The Bertz CT molecular complexity index is 535. The summed E-state index contributed by atoms with van der Waals surface area (Å²) in [4.78, 5) is 10.3. The van der Waals surface area contributed by atoms with Gasteiger partial charge < -0.3 is 9.84 Å². The molecule has 0 aromatic heterocycles. The molecule has 1 N–H and O–H groups in total. The molecule has 0 spiro atoms. The zero-order chi connectivity index (χ0) is 18.2. The normalized spacial score (nSPS) is 21.2. The highest BCUT2D eigenvalue weighted by molar-refractivity contribution is 5.66. The monoisotopic (exact) mass is 342 g/mol. The molecule has 0 aliphatic carbocycles. The van der Waals surface area contributed by atoms with Crippen LogP contribution in [0, 0.1) is 0 Å². The van der Waals surface area contributed by atoms with E-state index >= 15 is 0 Å². The summed E-state index contributed by atoms with van der Waals surface area (Å²) >= 11 is 0. The molecule has 3 nitrogen and oxygen atoms in total. The molecular formula is C22H30O3. The lowest BCUT2D eigenvalue weighted by Crippen LogP contribution is -1.91. The predicted octanol–water partition coefficient (Wildman–Crippen LogP) is 5.54. The predicted molar refractivity (Wildman–Crippen MR) is 105 cm³/mol. The van der Waals surface area contributed by atoms with Crippen LogP contribution in [0.15, 0.2) is 72.9 Å². The topological polar surface area (TPSA) is 49.8 Å². The molecule has 1 fully saturated rings. The third-order valence-corrected chi connectivity index (χ3v) is 3.57. The van der Waals surface area contributed by atoms with Crippen LogP contribution in [0.2, 0.25) is 0 Å². The Kier molecular flexibility index (Phi) is 11.9. The van der Waals surface area contributed by atoms with E-state index in [4.69, 9.17) is 9.84 Å². The Morgan fingerprint density at radius 3 is 2.40 bits per heavy atom. The Labute approximate surface area is 151 Å². The standard InChI is InChI=1S/C22H30O3/c1-2-3-14-17-20-21(25-20)18-15-12-10-8-6-4-5-7-9-11-13-16-19-22(23)24/h3,5-8,10-15,18,20-21H,2,4,9,16-17,19H2,1H3,(H,23,24)/b7-5-,8-6-,12-10-,13-11-,14-3-,18-15+/t20-,21+/m1/s1. The van der Waals surface area contributed by atoms with Gasteiger partial charge in [-0.2, -0.15) is 0 Å². The van der Waals surface area contributed by atoms with E-state index in [0.29, 0.717) is 12.5 Å². The van der Waals surface area contributed by atoms with Crippen molar-refractivity contribution in [3.8, 4) is 0 Å².